The molecule has 0 radical (unpaired) electrons. The predicted octanol–water partition coefficient (Wildman–Crippen LogP) is 3.81. The van der Waals surface area contributed by atoms with Crippen LogP contribution in [0.2, 0.25) is 0 Å². The zero-order chi connectivity index (χ0) is 14.5. The molecule has 1 N–H and O–H groups in total. The summed E-state index contributed by atoms with van der Waals surface area (Å²) in [5, 5.41) is 3.54. The highest BCUT2D eigenvalue weighted by Gasteiger charge is 2.27. The summed E-state index contributed by atoms with van der Waals surface area (Å²) >= 11 is 0. The van der Waals surface area contributed by atoms with E-state index in [4.69, 9.17) is 0 Å². The standard InChI is InChI=1S/C18H30N2/c1-14(2)18-10-7-11-20(18)13-17-9-6-5-8-16(17)12-19-15(3)4/h5-6,8-9,14-15,18-19H,7,10-13H2,1-4H3. The van der Waals surface area contributed by atoms with E-state index in [1.54, 1.807) is 0 Å². The van der Waals surface area contributed by atoms with Crippen LogP contribution in [0, 0.1) is 5.92 Å². The number of rotatable bonds is 6. The van der Waals surface area contributed by atoms with Gasteiger partial charge in [-0.15, -0.1) is 0 Å². The van der Waals surface area contributed by atoms with Crippen molar-refractivity contribution < 1.29 is 0 Å². The normalized spacial score (nSPS) is 20.2. The fraction of sp³-hybridized carbons (Fsp3) is 0.667. The number of hydrogen-bond donors (Lipinski definition) is 1. The van der Waals surface area contributed by atoms with Crippen molar-refractivity contribution in [2.45, 2.75) is 65.7 Å². The largest absolute Gasteiger partial charge is 0.310 e. The molecule has 2 rings (SSSR count). The maximum atomic E-state index is 3.54. The first-order chi connectivity index (χ1) is 9.58. The van der Waals surface area contributed by atoms with Crippen LogP contribution in [0.25, 0.3) is 0 Å². The molecule has 0 saturated carbocycles. The van der Waals surface area contributed by atoms with Gasteiger partial charge >= 0.3 is 0 Å². The lowest BCUT2D eigenvalue weighted by atomic mass is 10.0. The minimum absolute atomic E-state index is 0.540. The van der Waals surface area contributed by atoms with Crippen LogP contribution in [-0.4, -0.2) is 23.5 Å². The average Bonchev–Trinajstić information content (AvgIpc) is 2.86. The highest BCUT2D eigenvalue weighted by molar-refractivity contribution is 5.27. The maximum Gasteiger partial charge on any atom is 0.0240 e. The first-order valence-electron chi connectivity index (χ1n) is 8.12. The Balaban J connectivity index is 2.05. The van der Waals surface area contributed by atoms with E-state index in [1.807, 2.05) is 0 Å². The van der Waals surface area contributed by atoms with Gasteiger partial charge in [-0.1, -0.05) is 52.0 Å². The van der Waals surface area contributed by atoms with Crippen molar-refractivity contribution in [2.24, 2.45) is 5.92 Å². The molecule has 20 heavy (non-hydrogen) atoms. The van der Waals surface area contributed by atoms with E-state index in [9.17, 15) is 0 Å². The van der Waals surface area contributed by atoms with Gasteiger partial charge in [-0.05, 0) is 36.4 Å². The van der Waals surface area contributed by atoms with Crippen LogP contribution in [0.15, 0.2) is 24.3 Å². The molecule has 1 aliphatic heterocycles. The number of benzene rings is 1. The molecule has 1 fully saturated rings. The molecule has 0 amide bonds. The molecule has 0 aromatic heterocycles. The third-order valence-electron chi connectivity index (χ3n) is 4.38. The Bertz CT molecular complexity index is 412. The van der Waals surface area contributed by atoms with Crippen molar-refractivity contribution in [3.63, 3.8) is 0 Å². The number of nitrogens with zero attached hydrogens (tertiary/aromatic N) is 1. The summed E-state index contributed by atoms with van der Waals surface area (Å²) in [5.74, 6) is 0.762. The van der Waals surface area contributed by atoms with E-state index in [2.05, 4.69) is 62.2 Å². The minimum atomic E-state index is 0.540. The Morgan fingerprint density at radius 1 is 1.15 bits per heavy atom. The SMILES string of the molecule is CC(C)NCc1ccccc1CN1CCCC1C(C)C. The molecular formula is C18H30N2. The fourth-order valence-corrected chi connectivity index (χ4v) is 3.22. The molecule has 2 heteroatoms. The number of nitrogens with one attached hydrogen (secondary N) is 1. The second-order valence-electron chi connectivity index (χ2n) is 6.73. The quantitative estimate of drug-likeness (QED) is 0.848. The molecule has 1 atom stereocenters. The smallest absolute Gasteiger partial charge is 0.0240 e. The van der Waals surface area contributed by atoms with E-state index in [0.29, 0.717) is 6.04 Å². The number of hydrogen-bond acceptors (Lipinski definition) is 2. The van der Waals surface area contributed by atoms with Crippen LogP contribution in [0.5, 0.6) is 0 Å². The Kier molecular flexibility index (Phi) is 5.62. The summed E-state index contributed by atoms with van der Waals surface area (Å²) in [4.78, 5) is 2.68. The van der Waals surface area contributed by atoms with E-state index in [1.165, 1.54) is 30.5 Å². The molecule has 0 aliphatic carbocycles. The van der Waals surface area contributed by atoms with Gasteiger partial charge in [0.15, 0.2) is 0 Å². The van der Waals surface area contributed by atoms with Crippen molar-refractivity contribution in [1.29, 1.82) is 0 Å². The molecule has 112 valence electrons. The third kappa shape index (κ3) is 4.07. The molecule has 1 aromatic rings. The van der Waals surface area contributed by atoms with Crippen molar-refractivity contribution in [1.82, 2.24) is 10.2 Å². The average molecular weight is 274 g/mol. The topological polar surface area (TPSA) is 15.3 Å². The fourth-order valence-electron chi connectivity index (χ4n) is 3.22. The van der Waals surface area contributed by atoms with Crippen LogP contribution in [0.3, 0.4) is 0 Å². The molecule has 1 saturated heterocycles. The van der Waals surface area contributed by atoms with Crippen LogP contribution in [-0.2, 0) is 13.1 Å². The number of likely N-dealkylation sites (tertiary alicyclic amines) is 1. The van der Waals surface area contributed by atoms with Gasteiger partial charge in [0.05, 0.1) is 0 Å². The molecule has 1 unspecified atom stereocenters. The molecular weight excluding hydrogens is 244 g/mol. The van der Waals surface area contributed by atoms with Crippen LogP contribution in [0.1, 0.15) is 51.7 Å². The van der Waals surface area contributed by atoms with Gasteiger partial charge in [0, 0.05) is 25.2 Å². The zero-order valence-corrected chi connectivity index (χ0v) is 13.5. The second-order valence-corrected chi connectivity index (χ2v) is 6.73. The highest BCUT2D eigenvalue weighted by Crippen LogP contribution is 2.26. The zero-order valence-electron chi connectivity index (χ0n) is 13.5. The molecule has 2 nitrogen and oxygen atoms in total. The summed E-state index contributed by atoms with van der Waals surface area (Å²) in [6.07, 6.45) is 2.72. The molecule has 1 heterocycles. The Hall–Kier alpha value is -0.860. The minimum Gasteiger partial charge on any atom is -0.310 e. The van der Waals surface area contributed by atoms with Crippen LogP contribution in [0.4, 0.5) is 0 Å². The lowest BCUT2D eigenvalue weighted by molar-refractivity contribution is 0.198. The lowest BCUT2D eigenvalue weighted by Crippen LogP contribution is -2.33. The maximum absolute atomic E-state index is 3.54. The van der Waals surface area contributed by atoms with Gasteiger partial charge in [0.2, 0.25) is 0 Å². The lowest BCUT2D eigenvalue weighted by Gasteiger charge is -2.28. The van der Waals surface area contributed by atoms with Crippen molar-refractivity contribution in [3.05, 3.63) is 35.4 Å². The van der Waals surface area contributed by atoms with E-state index < -0.39 is 0 Å². The van der Waals surface area contributed by atoms with Gasteiger partial charge < -0.3 is 5.32 Å². The summed E-state index contributed by atoms with van der Waals surface area (Å²) < 4.78 is 0. The molecule has 1 aliphatic rings. The predicted molar refractivity (Wildman–Crippen MR) is 86.7 cm³/mol. The Morgan fingerprint density at radius 2 is 1.85 bits per heavy atom. The van der Waals surface area contributed by atoms with Crippen LogP contribution < -0.4 is 5.32 Å². The van der Waals surface area contributed by atoms with Gasteiger partial charge in [0.25, 0.3) is 0 Å². The highest BCUT2D eigenvalue weighted by atomic mass is 15.2. The second kappa shape index (κ2) is 7.24. The van der Waals surface area contributed by atoms with Crippen molar-refractivity contribution in [2.75, 3.05) is 6.54 Å². The third-order valence-corrected chi connectivity index (χ3v) is 4.38. The van der Waals surface area contributed by atoms with Crippen molar-refractivity contribution in [3.8, 4) is 0 Å². The Morgan fingerprint density at radius 3 is 2.50 bits per heavy atom. The van der Waals surface area contributed by atoms with Crippen LogP contribution >= 0.6 is 0 Å². The van der Waals surface area contributed by atoms with Gasteiger partial charge in [0.1, 0.15) is 0 Å². The summed E-state index contributed by atoms with van der Waals surface area (Å²) in [7, 11) is 0. The molecule has 0 bridgehead atoms. The van der Waals surface area contributed by atoms with E-state index >= 15 is 0 Å². The monoisotopic (exact) mass is 274 g/mol. The summed E-state index contributed by atoms with van der Waals surface area (Å²) in [6.45, 7) is 12.5. The van der Waals surface area contributed by atoms with Gasteiger partial charge in [-0.25, -0.2) is 0 Å². The first kappa shape index (κ1) is 15.5. The van der Waals surface area contributed by atoms with Crippen molar-refractivity contribution >= 4 is 0 Å². The van der Waals surface area contributed by atoms with Gasteiger partial charge in [-0.3, -0.25) is 4.90 Å². The molecule has 1 aromatic carbocycles. The van der Waals surface area contributed by atoms with E-state index in [0.717, 1.165) is 25.0 Å². The van der Waals surface area contributed by atoms with E-state index in [-0.39, 0.29) is 0 Å². The first-order valence-corrected chi connectivity index (χ1v) is 8.12. The summed E-state index contributed by atoms with van der Waals surface area (Å²) in [6, 6.07) is 10.2. The van der Waals surface area contributed by atoms with Gasteiger partial charge in [-0.2, -0.15) is 0 Å². The summed E-state index contributed by atoms with van der Waals surface area (Å²) in [5.41, 5.74) is 2.95. The molecule has 0 spiro atoms. The Labute approximate surface area is 124 Å².